The number of aliphatic imine (C=N–C) groups is 1. The molecule has 0 amide bonds. The Labute approximate surface area is 98.9 Å². The molecule has 0 radical (unpaired) electrons. The standard InChI is InChI=1S/C12H13NO2S/c14-9-13-7-10-1-3-11(4-2-10)15-12-5-6-16-8-12/h1-4,12H,5-8H2. The van der Waals surface area contributed by atoms with Gasteiger partial charge in [-0.15, -0.1) is 0 Å². The van der Waals surface area contributed by atoms with E-state index < -0.39 is 0 Å². The van der Waals surface area contributed by atoms with Gasteiger partial charge in [-0.2, -0.15) is 11.8 Å². The number of carbonyl (C=O) groups excluding carboxylic acids is 1. The summed E-state index contributed by atoms with van der Waals surface area (Å²) in [6.45, 7) is 0.392. The fourth-order valence-corrected chi connectivity index (χ4v) is 2.69. The van der Waals surface area contributed by atoms with Crippen LogP contribution in [-0.4, -0.2) is 23.7 Å². The van der Waals surface area contributed by atoms with Crippen LogP contribution in [0.5, 0.6) is 5.75 Å². The summed E-state index contributed by atoms with van der Waals surface area (Å²) < 4.78 is 5.81. The molecule has 0 N–H and O–H groups in total. The maximum atomic E-state index is 9.96. The molecule has 1 aromatic rings. The van der Waals surface area contributed by atoms with E-state index in [4.69, 9.17) is 4.74 Å². The van der Waals surface area contributed by atoms with Crippen molar-refractivity contribution in [2.24, 2.45) is 4.99 Å². The van der Waals surface area contributed by atoms with Crippen LogP contribution in [0.15, 0.2) is 29.3 Å². The molecule has 1 heterocycles. The fraction of sp³-hybridized carbons (Fsp3) is 0.417. The van der Waals surface area contributed by atoms with Crippen molar-refractivity contribution in [3.8, 4) is 5.75 Å². The van der Waals surface area contributed by atoms with E-state index in [9.17, 15) is 4.79 Å². The minimum atomic E-state index is 0.351. The highest BCUT2D eigenvalue weighted by Crippen LogP contribution is 2.23. The summed E-state index contributed by atoms with van der Waals surface area (Å²) in [6, 6.07) is 7.72. The minimum absolute atomic E-state index is 0.351. The van der Waals surface area contributed by atoms with Crippen molar-refractivity contribution in [2.75, 3.05) is 11.5 Å². The zero-order chi connectivity index (χ0) is 11.2. The van der Waals surface area contributed by atoms with Crippen LogP contribution in [0.4, 0.5) is 0 Å². The van der Waals surface area contributed by atoms with Crippen molar-refractivity contribution in [3.05, 3.63) is 29.8 Å². The van der Waals surface area contributed by atoms with E-state index in [1.807, 2.05) is 36.0 Å². The van der Waals surface area contributed by atoms with Gasteiger partial charge < -0.3 is 4.74 Å². The Hall–Kier alpha value is -1.25. The van der Waals surface area contributed by atoms with E-state index in [2.05, 4.69) is 4.99 Å². The predicted octanol–water partition coefficient (Wildman–Crippen LogP) is 2.41. The Morgan fingerprint density at radius 1 is 1.44 bits per heavy atom. The number of rotatable bonds is 4. The Kier molecular flexibility index (Phi) is 4.03. The van der Waals surface area contributed by atoms with Gasteiger partial charge in [0.25, 0.3) is 0 Å². The molecule has 0 saturated carbocycles. The Bertz CT molecular complexity index is 379. The average molecular weight is 235 g/mol. The largest absolute Gasteiger partial charge is 0.490 e. The molecule has 1 saturated heterocycles. The molecule has 1 aliphatic rings. The average Bonchev–Trinajstić information content (AvgIpc) is 2.81. The molecule has 16 heavy (non-hydrogen) atoms. The van der Waals surface area contributed by atoms with Gasteiger partial charge in [0.15, 0.2) is 0 Å². The smallest absolute Gasteiger partial charge is 0.235 e. The Morgan fingerprint density at radius 2 is 2.25 bits per heavy atom. The lowest BCUT2D eigenvalue weighted by molar-refractivity contribution is 0.229. The lowest BCUT2D eigenvalue weighted by Gasteiger charge is -2.12. The van der Waals surface area contributed by atoms with E-state index in [-0.39, 0.29) is 0 Å². The number of nitrogens with zero attached hydrogens (tertiary/aromatic N) is 1. The zero-order valence-electron chi connectivity index (χ0n) is 8.89. The summed E-state index contributed by atoms with van der Waals surface area (Å²) >= 11 is 1.93. The van der Waals surface area contributed by atoms with Crippen LogP contribution in [0.25, 0.3) is 0 Å². The highest BCUT2D eigenvalue weighted by atomic mass is 32.2. The molecule has 1 aliphatic heterocycles. The summed E-state index contributed by atoms with van der Waals surface area (Å²) in [5.41, 5.74) is 0.997. The van der Waals surface area contributed by atoms with Crippen molar-refractivity contribution >= 4 is 17.8 Å². The molecule has 1 fully saturated rings. The van der Waals surface area contributed by atoms with Crippen LogP contribution >= 0.6 is 11.8 Å². The summed E-state index contributed by atoms with van der Waals surface area (Å²) in [5.74, 6) is 3.17. The van der Waals surface area contributed by atoms with E-state index in [1.54, 1.807) is 0 Å². The first-order valence-electron chi connectivity index (χ1n) is 5.25. The van der Waals surface area contributed by atoms with Crippen LogP contribution in [0.3, 0.4) is 0 Å². The molecule has 1 unspecified atom stereocenters. The molecule has 1 atom stereocenters. The summed E-state index contributed by atoms with van der Waals surface area (Å²) in [5, 5.41) is 0. The number of hydrogen-bond acceptors (Lipinski definition) is 4. The van der Waals surface area contributed by atoms with Crippen LogP contribution in [0.2, 0.25) is 0 Å². The predicted molar refractivity (Wildman–Crippen MR) is 64.6 cm³/mol. The van der Waals surface area contributed by atoms with Crippen molar-refractivity contribution in [1.29, 1.82) is 0 Å². The SMILES string of the molecule is O=C=NCc1ccc(OC2CCSC2)cc1. The third kappa shape index (κ3) is 3.12. The van der Waals surface area contributed by atoms with Crippen molar-refractivity contribution in [1.82, 2.24) is 0 Å². The van der Waals surface area contributed by atoms with Gasteiger partial charge >= 0.3 is 0 Å². The topological polar surface area (TPSA) is 38.7 Å². The zero-order valence-corrected chi connectivity index (χ0v) is 9.70. The molecule has 0 bridgehead atoms. The quantitative estimate of drug-likeness (QED) is 0.594. The van der Waals surface area contributed by atoms with Gasteiger partial charge in [-0.05, 0) is 29.9 Å². The molecule has 0 aliphatic carbocycles. The molecular weight excluding hydrogens is 222 g/mol. The van der Waals surface area contributed by atoms with Gasteiger partial charge in [-0.25, -0.2) is 9.79 Å². The number of ether oxygens (including phenoxy) is 1. The molecule has 4 heteroatoms. The minimum Gasteiger partial charge on any atom is -0.490 e. The number of benzene rings is 1. The highest BCUT2D eigenvalue weighted by molar-refractivity contribution is 7.99. The molecule has 0 aromatic heterocycles. The molecule has 84 valence electrons. The van der Waals surface area contributed by atoms with E-state index in [0.29, 0.717) is 12.6 Å². The Balaban J connectivity index is 1.93. The molecule has 0 spiro atoms. The van der Waals surface area contributed by atoms with Gasteiger partial charge in [0.2, 0.25) is 6.08 Å². The second kappa shape index (κ2) is 5.73. The first-order chi connectivity index (χ1) is 7.88. The lowest BCUT2D eigenvalue weighted by Crippen LogP contribution is -2.14. The lowest BCUT2D eigenvalue weighted by atomic mass is 10.2. The third-order valence-electron chi connectivity index (χ3n) is 2.44. The van der Waals surface area contributed by atoms with Crippen LogP contribution in [0.1, 0.15) is 12.0 Å². The van der Waals surface area contributed by atoms with Gasteiger partial charge in [0, 0.05) is 5.75 Å². The highest BCUT2D eigenvalue weighted by Gasteiger charge is 2.16. The number of hydrogen-bond donors (Lipinski definition) is 0. The van der Waals surface area contributed by atoms with Crippen molar-refractivity contribution in [2.45, 2.75) is 19.1 Å². The summed E-state index contributed by atoms with van der Waals surface area (Å²) in [4.78, 5) is 13.5. The first kappa shape index (κ1) is 11.2. The number of thioether (sulfide) groups is 1. The summed E-state index contributed by atoms with van der Waals surface area (Å²) in [7, 11) is 0. The number of isocyanates is 1. The van der Waals surface area contributed by atoms with E-state index in [0.717, 1.165) is 23.5 Å². The normalized spacial score (nSPS) is 19.1. The molecular formula is C12H13NO2S. The van der Waals surface area contributed by atoms with Crippen LogP contribution < -0.4 is 4.74 Å². The molecule has 2 rings (SSSR count). The first-order valence-corrected chi connectivity index (χ1v) is 6.41. The maximum Gasteiger partial charge on any atom is 0.235 e. The second-order valence-corrected chi connectivity index (χ2v) is 4.80. The Morgan fingerprint density at radius 3 is 2.88 bits per heavy atom. The van der Waals surface area contributed by atoms with Gasteiger partial charge in [-0.1, -0.05) is 12.1 Å². The van der Waals surface area contributed by atoms with Gasteiger partial charge in [0.1, 0.15) is 11.9 Å². The van der Waals surface area contributed by atoms with Crippen LogP contribution in [-0.2, 0) is 11.3 Å². The second-order valence-electron chi connectivity index (χ2n) is 3.65. The van der Waals surface area contributed by atoms with Crippen LogP contribution in [0, 0.1) is 0 Å². The molecule has 1 aromatic carbocycles. The monoisotopic (exact) mass is 235 g/mol. The van der Waals surface area contributed by atoms with E-state index >= 15 is 0 Å². The maximum absolute atomic E-state index is 9.96. The van der Waals surface area contributed by atoms with Gasteiger partial charge in [0.05, 0.1) is 6.54 Å². The molecule has 3 nitrogen and oxygen atoms in total. The fourth-order valence-electron chi connectivity index (χ4n) is 1.60. The van der Waals surface area contributed by atoms with Crippen molar-refractivity contribution in [3.63, 3.8) is 0 Å². The van der Waals surface area contributed by atoms with Crippen molar-refractivity contribution < 1.29 is 9.53 Å². The van der Waals surface area contributed by atoms with E-state index in [1.165, 1.54) is 11.8 Å². The third-order valence-corrected chi connectivity index (χ3v) is 3.57. The van der Waals surface area contributed by atoms with Gasteiger partial charge in [-0.3, -0.25) is 0 Å². The summed E-state index contributed by atoms with van der Waals surface area (Å²) in [6.07, 6.45) is 3.01.